The first-order chi connectivity index (χ1) is 5.61. The maximum atomic E-state index is 9.73. The molecule has 70 valence electrons. The van der Waals surface area contributed by atoms with E-state index in [4.69, 9.17) is 14.9 Å². The second kappa shape index (κ2) is 3.65. The highest BCUT2D eigenvalue weighted by Crippen LogP contribution is 2.14. The number of ether oxygens (including phenoxy) is 1. The van der Waals surface area contributed by atoms with Gasteiger partial charge in [-0.15, -0.1) is 10.1 Å². The zero-order valence-corrected chi connectivity index (χ0v) is 6.12. The largest absolute Gasteiger partial charge is 0.388 e. The molecule has 0 bridgehead atoms. The van der Waals surface area contributed by atoms with E-state index < -0.39 is 23.4 Å². The number of nitrogens with zero attached hydrogens (tertiary/aromatic N) is 1. The lowest BCUT2D eigenvalue weighted by atomic mass is 10.2. The maximum Gasteiger partial charge on any atom is 0.294 e. The molecule has 0 unspecified atom stereocenters. The molecule has 0 aromatic carbocycles. The van der Waals surface area contributed by atoms with Gasteiger partial charge in [-0.25, -0.2) is 0 Å². The van der Waals surface area contributed by atoms with E-state index >= 15 is 0 Å². The van der Waals surface area contributed by atoms with Crippen LogP contribution in [0, 0.1) is 10.1 Å². The van der Waals surface area contributed by atoms with Crippen molar-refractivity contribution in [1.29, 1.82) is 0 Å². The third-order valence-electron chi connectivity index (χ3n) is 1.60. The Morgan fingerprint density at radius 3 is 2.75 bits per heavy atom. The summed E-state index contributed by atoms with van der Waals surface area (Å²) in [6.07, 6.45) is -2.90. The highest BCUT2D eigenvalue weighted by molar-refractivity contribution is 4.82. The van der Waals surface area contributed by atoms with Crippen LogP contribution in [0.4, 0.5) is 0 Å². The summed E-state index contributed by atoms with van der Waals surface area (Å²) in [4.78, 5) is 13.7. The minimum absolute atomic E-state index is 0.0209. The van der Waals surface area contributed by atoms with Gasteiger partial charge in [-0.2, -0.15) is 0 Å². The topological polar surface area (TPSA) is 102 Å². The standard InChI is InChI=1S/C5H9NO6/c7-3-1-11-4(5(3)8)2-12-6(9)10/h3-5,7-8H,1-2H2/t3-,4+,5-/m0/s1. The Labute approximate surface area is 67.6 Å². The van der Waals surface area contributed by atoms with Gasteiger partial charge in [-0.1, -0.05) is 0 Å². The molecule has 12 heavy (non-hydrogen) atoms. The molecule has 7 heteroatoms. The van der Waals surface area contributed by atoms with Gasteiger partial charge in [0.2, 0.25) is 0 Å². The average molecular weight is 179 g/mol. The van der Waals surface area contributed by atoms with Crippen LogP contribution in [0.2, 0.25) is 0 Å². The van der Waals surface area contributed by atoms with Crippen molar-refractivity contribution in [2.24, 2.45) is 0 Å². The molecule has 0 aromatic heterocycles. The van der Waals surface area contributed by atoms with Gasteiger partial charge in [0.1, 0.15) is 24.9 Å². The van der Waals surface area contributed by atoms with Crippen molar-refractivity contribution >= 4 is 0 Å². The van der Waals surface area contributed by atoms with Crippen LogP contribution in [-0.2, 0) is 9.57 Å². The molecule has 0 amide bonds. The smallest absolute Gasteiger partial charge is 0.294 e. The zero-order chi connectivity index (χ0) is 9.14. The monoisotopic (exact) mass is 179 g/mol. The fraction of sp³-hybridized carbons (Fsp3) is 1.00. The Hall–Kier alpha value is -0.920. The van der Waals surface area contributed by atoms with Gasteiger partial charge in [-0.05, 0) is 0 Å². The molecule has 1 aliphatic rings. The Morgan fingerprint density at radius 1 is 1.67 bits per heavy atom. The highest BCUT2D eigenvalue weighted by Gasteiger charge is 2.35. The van der Waals surface area contributed by atoms with Crippen molar-refractivity contribution < 1.29 is 24.9 Å². The van der Waals surface area contributed by atoms with E-state index in [0.29, 0.717) is 0 Å². The SMILES string of the molecule is O=[N+]([O-])OC[C@H]1OC[C@H](O)[C@@H]1O. The maximum absolute atomic E-state index is 9.73. The molecule has 1 saturated heterocycles. The van der Waals surface area contributed by atoms with Crippen LogP contribution in [-0.4, -0.2) is 46.8 Å². The molecule has 1 heterocycles. The van der Waals surface area contributed by atoms with Gasteiger partial charge < -0.3 is 19.8 Å². The molecule has 0 radical (unpaired) electrons. The van der Waals surface area contributed by atoms with Crippen LogP contribution in [0.3, 0.4) is 0 Å². The molecule has 1 aliphatic heterocycles. The van der Waals surface area contributed by atoms with Gasteiger partial charge in [0.25, 0.3) is 5.09 Å². The van der Waals surface area contributed by atoms with Crippen molar-refractivity contribution in [2.45, 2.75) is 18.3 Å². The average Bonchev–Trinajstić information content (AvgIpc) is 2.30. The molecule has 0 aromatic rings. The van der Waals surface area contributed by atoms with Gasteiger partial charge in [0.15, 0.2) is 0 Å². The lowest BCUT2D eigenvalue weighted by molar-refractivity contribution is -0.759. The Morgan fingerprint density at radius 2 is 2.33 bits per heavy atom. The number of rotatable bonds is 3. The molecule has 0 saturated carbocycles. The van der Waals surface area contributed by atoms with E-state index in [1.54, 1.807) is 0 Å². The van der Waals surface area contributed by atoms with Crippen molar-refractivity contribution in [1.82, 2.24) is 0 Å². The molecule has 0 spiro atoms. The lowest BCUT2D eigenvalue weighted by Crippen LogP contribution is -2.33. The first kappa shape index (κ1) is 9.17. The Balaban J connectivity index is 2.29. The van der Waals surface area contributed by atoms with Crippen LogP contribution in [0.5, 0.6) is 0 Å². The zero-order valence-electron chi connectivity index (χ0n) is 6.12. The van der Waals surface area contributed by atoms with Crippen molar-refractivity contribution in [3.05, 3.63) is 10.1 Å². The minimum Gasteiger partial charge on any atom is -0.388 e. The molecule has 1 fully saturated rings. The molecule has 2 N–H and O–H groups in total. The van der Waals surface area contributed by atoms with E-state index in [1.807, 2.05) is 0 Å². The fourth-order valence-electron chi connectivity index (χ4n) is 0.948. The van der Waals surface area contributed by atoms with Gasteiger partial charge in [0, 0.05) is 0 Å². The first-order valence-electron chi connectivity index (χ1n) is 3.36. The number of hydrogen-bond acceptors (Lipinski definition) is 6. The van der Waals surface area contributed by atoms with Crippen molar-refractivity contribution in [3.63, 3.8) is 0 Å². The lowest BCUT2D eigenvalue weighted by Gasteiger charge is -2.12. The second-order valence-corrected chi connectivity index (χ2v) is 2.45. The Kier molecular flexibility index (Phi) is 2.79. The fourth-order valence-corrected chi connectivity index (χ4v) is 0.948. The van der Waals surface area contributed by atoms with Crippen molar-refractivity contribution in [2.75, 3.05) is 13.2 Å². The normalized spacial score (nSPS) is 35.0. The molecule has 1 rings (SSSR count). The van der Waals surface area contributed by atoms with Gasteiger partial charge in [0.05, 0.1) is 6.61 Å². The summed E-state index contributed by atoms with van der Waals surface area (Å²) in [6, 6.07) is 0. The molecular formula is C5H9NO6. The first-order valence-corrected chi connectivity index (χ1v) is 3.36. The van der Waals surface area contributed by atoms with Crippen LogP contribution >= 0.6 is 0 Å². The Bertz CT molecular complexity index is 173. The quantitative estimate of drug-likeness (QED) is 0.396. The summed E-state index contributed by atoms with van der Waals surface area (Å²) in [6.45, 7) is -0.377. The second-order valence-electron chi connectivity index (χ2n) is 2.45. The van der Waals surface area contributed by atoms with Crippen LogP contribution in [0.15, 0.2) is 0 Å². The molecule has 0 aliphatic carbocycles. The molecular weight excluding hydrogens is 170 g/mol. The summed E-state index contributed by atoms with van der Waals surface area (Å²) in [5.41, 5.74) is 0. The summed E-state index contributed by atoms with van der Waals surface area (Å²) in [5.74, 6) is 0. The van der Waals surface area contributed by atoms with E-state index in [9.17, 15) is 10.1 Å². The predicted octanol–water partition coefficient (Wildman–Crippen LogP) is -1.68. The molecule has 7 nitrogen and oxygen atoms in total. The number of aliphatic hydroxyl groups is 2. The van der Waals surface area contributed by atoms with Gasteiger partial charge >= 0.3 is 0 Å². The van der Waals surface area contributed by atoms with E-state index in [2.05, 4.69) is 4.84 Å². The van der Waals surface area contributed by atoms with E-state index in [0.717, 1.165) is 0 Å². The summed E-state index contributed by atoms with van der Waals surface area (Å²) < 4.78 is 4.80. The van der Waals surface area contributed by atoms with Crippen LogP contribution in [0.1, 0.15) is 0 Å². The highest BCUT2D eigenvalue weighted by atomic mass is 17.0. The summed E-state index contributed by atoms with van der Waals surface area (Å²) in [7, 11) is 0. The van der Waals surface area contributed by atoms with Crippen LogP contribution in [0.25, 0.3) is 0 Å². The third kappa shape index (κ3) is 2.03. The number of hydrogen-bond donors (Lipinski definition) is 2. The summed E-state index contributed by atoms with van der Waals surface area (Å²) in [5, 5.41) is 26.8. The summed E-state index contributed by atoms with van der Waals surface area (Å²) >= 11 is 0. The van der Waals surface area contributed by atoms with E-state index in [1.165, 1.54) is 0 Å². The minimum atomic E-state index is -1.11. The third-order valence-corrected chi connectivity index (χ3v) is 1.60. The van der Waals surface area contributed by atoms with Crippen molar-refractivity contribution in [3.8, 4) is 0 Å². The van der Waals surface area contributed by atoms with E-state index in [-0.39, 0.29) is 13.2 Å². The predicted molar refractivity (Wildman–Crippen MR) is 34.7 cm³/mol. The van der Waals surface area contributed by atoms with Gasteiger partial charge in [-0.3, -0.25) is 0 Å². The number of aliphatic hydroxyl groups excluding tert-OH is 2. The molecule has 3 atom stereocenters. The van der Waals surface area contributed by atoms with Crippen LogP contribution < -0.4 is 0 Å².